The largest absolute Gasteiger partial charge is 0.464 e. The van der Waals surface area contributed by atoms with Crippen LogP contribution >= 0.6 is 0 Å². The highest BCUT2D eigenvalue weighted by molar-refractivity contribution is 5.92. The van der Waals surface area contributed by atoms with Crippen LogP contribution < -0.4 is 10.8 Å². The van der Waals surface area contributed by atoms with Crippen LogP contribution in [-0.4, -0.2) is 46.4 Å². The molecule has 3 rings (SSSR count). The van der Waals surface area contributed by atoms with Crippen molar-refractivity contribution in [1.29, 1.82) is 0 Å². The SMILES string of the molecule is CCOC(=O)C(NC(=O)[C@@H]1Cc2ccccc2CN1C(=O)CCCCCCC(=O)NO)c1ccccc1. The van der Waals surface area contributed by atoms with E-state index in [1.54, 1.807) is 41.6 Å². The molecule has 2 aromatic rings. The third-order valence-electron chi connectivity index (χ3n) is 6.48. The van der Waals surface area contributed by atoms with Crippen molar-refractivity contribution in [1.82, 2.24) is 15.7 Å². The van der Waals surface area contributed by atoms with Crippen molar-refractivity contribution < 1.29 is 29.1 Å². The van der Waals surface area contributed by atoms with Gasteiger partial charge in [0.15, 0.2) is 6.04 Å². The molecule has 1 aliphatic rings. The Kier molecular flexibility index (Phi) is 10.6. The van der Waals surface area contributed by atoms with E-state index >= 15 is 0 Å². The fourth-order valence-electron chi connectivity index (χ4n) is 4.52. The lowest BCUT2D eigenvalue weighted by Gasteiger charge is -2.36. The number of carbonyl (C=O) groups is 4. The van der Waals surface area contributed by atoms with E-state index in [2.05, 4.69) is 5.32 Å². The number of fused-ring (bicyclic) bond motifs is 1. The summed E-state index contributed by atoms with van der Waals surface area (Å²) in [6.45, 7) is 2.21. The molecule has 9 nitrogen and oxygen atoms in total. The summed E-state index contributed by atoms with van der Waals surface area (Å²) in [6.07, 6.45) is 3.63. The van der Waals surface area contributed by atoms with Gasteiger partial charge in [0, 0.05) is 25.8 Å². The Bertz CT molecular complexity index is 1070. The van der Waals surface area contributed by atoms with E-state index in [1.807, 2.05) is 30.3 Å². The van der Waals surface area contributed by atoms with Crippen molar-refractivity contribution in [3.63, 3.8) is 0 Å². The van der Waals surface area contributed by atoms with Gasteiger partial charge in [-0.3, -0.25) is 19.6 Å². The lowest BCUT2D eigenvalue weighted by molar-refractivity contribution is -0.149. The van der Waals surface area contributed by atoms with Gasteiger partial charge in [-0.15, -0.1) is 0 Å². The molecule has 0 radical (unpaired) electrons. The van der Waals surface area contributed by atoms with E-state index in [1.165, 1.54) is 0 Å². The van der Waals surface area contributed by atoms with Gasteiger partial charge in [-0.1, -0.05) is 67.4 Å². The highest BCUT2D eigenvalue weighted by atomic mass is 16.5. The summed E-state index contributed by atoms with van der Waals surface area (Å²) in [6, 6.07) is 14.9. The van der Waals surface area contributed by atoms with Crippen LogP contribution in [0.1, 0.15) is 68.2 Å². The van der Waals surface area contributed by atoms with E-state index in [0.717, 1.165) is 24.0 Å². The van der Waals surface area contributed by atoms with E-state index in [9.17, 15) is 19.2 Å². The molecule has 0 aromatic heterocycles. The van der Waals surface area contributed by atoms with Crippen LogP contribution in [0.4, 0.5) is 0 Å². The van der Waals surface area contributed by atoms with Crippen molar-refractivity contribution in [3.8, 4) is 0 Å². The Morgan fingerprint density at radius 1 is 0.946 bits per heavy atom. The van der Waals surface area contributed by atoms with Crippen molar-refractivity contribution in [2.24, 2.45) is 0 Å². The summed E-state index contributed by atoms with van der Waals surface area (Å²) in [4.78, 5) is 52.2. The summed E-state index contributed by atoms with van der Waals surface area (Å²) in [5, 5.41) is 11.4. The predicted molar refractivity (Wildman–Crippen MR) is 136 cm³/mol. The summed E-state index contributed by atoms with van der Waals surface area (Å²) >= 11 is 0. The van der Waals surface area contributed by atoms with E-state index in [-0.39, 0.29) is 25.4 Å². The number of carbonyl (C=O) groups excluding carboxylic acids is 4. The topological polar surface area (TPSA) is 125 Å². The molecule has 0 saturated heterocycles. The van der Waals surface area contributed by atoms with Crippen molar-refractivity contribution in [2.75, 3.05) is 6.61 Å². The molecule has 1 aliphatic heterocycles. The van der Waals surface area contributed by atoms with Crippen LogP contribution in [0.25, 0.3) is 0 Å². The second-order valence-electron chi connectivity index (χ2n) is 9.06. The molecule has 1 unspecified atom stereocenters. The number of nitrogens with one attached hydrogen (secondary N) is 2. The number of benzene rings is 2. The zero-order chi connectivity index (χ0) is 26.6. The highest BCUT2D eigenvalue weighted by Gasteiger charge is 2.36. The number of hydrogen-bond acceptors (Lipinski definition) is 6. The fourth-order valence-corrected chi connectivity index (χ4v) is 4.52. The molecule has 9 heteroatoms. The van der Waals surface area contributed by atoms with Gasteiger partial charge in [0.1, 0.15) is 6.04 Å². The molecule has 3 N–H and O–H groups in total. The van der Waals surface area contributed by atoms with Crippen LogP contribution in [0.15, 0.2) is 54.6 Å². The lowest BCUT2D eigenvalue weighted by Crippen LogP contribution is -2.53. The number of hydroxylamine groups is 1. The summed E-state index contributed by atoms with van der Waals surface area (Å²) < 4.78 is 5.21. The van der Waals surface area contributed by atoms with Gasteiger partial charge in [-0.05, 0) is 36.5 Å². The van der Waals surface area contributed by atoms with Gasteiger partial charge in [-0.25, -0.2) is 10.3 Å². The van der Waals surface area contributed by atoms with Crippen LogP contribution in [0.5, 0.6) is 0 Å². The first-order chi connectivity index (χ1) is 17.9. The fraction of sp³-hybridized carbons (Fsp3) is 0.429. The van der Waals surface area contributed by atoms with Gasteiger partial charge < -0.3 is 15.0 Å². The van der Waals surface area contributed by atoms with Gasteiger partial charge in [0.05, 0.1) is 6.61 Å². The van der Waals surface area contributed by atoms with Crippen LogP contribution in [0.3, 0.4) is 0 Å². The van der Waals surface area contributed by atoms with Crippen molar-refractivity contribution in [2.45, 2.75) is 70.5 Å². The second kappa shape index (κ2) is 14.1. The molecule has 198 valence electrons. The second-order valence-corrected chi connectivity index (χ2v) is 9.06. The molecule has 0 saturated carbocycles. The number of hydrogen-bond donors (Lipinski definition) is 3. The molecule has 2 atom stereocenters. The van der Waals surface area contributed by atoms with Gasteiger partial charge in [-0.2, -0.15) is 0 Å². The summed E-state index contributed by atoms with van der Waals surface area (Å²) in [5.41, 5.74) is 4.22. The summed E-state index contributed by atoms with van der Waals surface area (Å²) in [5.74, 6) is -1.51. The third-order valence-corrected chi connectivity index (χ3v) is 6.48. The van der Waals surface area contributed by atoms with Gasteiger partial charge >= 0.3 is 5.97 Å². The molecule has 0 aliphatic carbocycles. The van der Waals surface area contributed by atoms with Gasteiger partial charge in [0.2, 0.25) is 17.7 Å². The zero-order valence-corrected chi connectivity index (χ0v) is 21.2. The quantitative estimate of drug-likeness (QED) is 0.175. The first-order valence-corrected chi connectivity index (χ1v) is 12.8. The highest BCUT2D eigenvalue weighted by Crippen LogP contribution is 2.26. The third kappa shape index (κ3) is 7.88. The number of esters is 1. The number of ether oxygens (including phenoxy) is 1. The molecule has 0 bridgehead atoms. The smallest absolute Gasteiger partial charge is 0.333 e. The standard InChI is InChI=1S/C28H35N3O6/c1-2-37-28(35)26(20-12-6-5-7-13-20)29-27(34)23-18-21-14-10-11-15-22(21)19-31(23)25(33)17-9-4-3-8-16-24(32)30-36/h5-7,10-15,23,26,36H,2-4,8-9,16-19H2,1H3,(H,29,34)(H,30,32)/t23-,26?/m0/s1. The lowest BCUT2D eigenvalue weighted by atomic mass is 9.92. The Morgan fingerprint density at radius 3 is 2.27 bits per heavy atom. The minimum atomic E-state index is -0.973. The number of rotatable bonds is 12. The van der Waals surface area contributed by atoms with Crippen molar-refractivity contribution >= 4 is 23.7 Å². The minimum absolute atomic E-state index is 0.129. The van der Waals surface area contributed by atoms with Crippen molar-refractivity contribution in [3.05, 3.63) is 71.3 Å². The van der Waals surface area contributed by atoms with Crippen LogP contribution in [0, 0.1) is 0 Å². The normalized spacial score (nSPS) is 15.3. The van der Waals surface area contributed by atoms with Gasteiger partial charge in [0.25, 0.3) is 0 Å². The maximum absolute atomic E-state index is 13.6. The Hall–Kier alpha value is -3.72. The zero-order valence-electron chi connectivity index (χ0n) is 21.2. The molecular formula is C28H35N3O6. The Balaban J connectivity index is 1.70. The van der Waals surface area contributed by atoms with E-state index in [0.29, 0.717) is 31.4 Å². The molecule has 37 heavy (non-hydrogen) atoms. The molecular weight excluding hydrogens is 474 g/mol. The Morgan fingerprint density at radius 2 is 1.59 bits per heavy atom. The van der Waals surface area contributed by atoms with E-state index < -0.39 is 29.9 Å². The maximum Gasteiger partial charge on any atom is 0.333 e. The first-order valence-electron chi connectivity index (χ1n) is 12.8. The Labute approximate surface area is 217 Å². The number of nitrogens with zero attached hydrogens (tertiary/aromatic N) is 1. The molecule has 0 fully saturated rings. The predicted octanol–water partition coefficient (Wildman–Crippen LogP) is 3.21. The average molecular weight is 510 g/mol. The summed E-state index contributed by atoms with van der Waals surface area (Å²) in [7, 11) is 0. The number of amides is 3. The average Bonchev–Trinajstić information content (AvgIpc) is 2.92. The number of unbranched alkanes of at least 4 members (excludes halogenated alkanes) is 3. The van der Waals surface area contributed by atoms with Crippen LogP contribution in [0.2, 0.25) is 0 Å². The minimum Gasteiger partial charge on any atom is -0.464 e. The molecule has 1 heterocycles. The molecule has 3 amide bonds. The van der Waals surface area contributed by atoms with Crippen LogP contribution in [-0.2, 0) is 36.9 Å². The maximum atomic E-state index is 13.6. The first kappa shape index (κ1) is 27.9. The molecule has 0 spiro atoms. The molecule has 2 aromatic carbocycles. The van der Waals surface area contributed by atoms with E-state index in [4.69, 9.17) is 9.94 Å². The monoisotopic (exact) mass is 509 g/mol.